The van der Waals surface area contributed by atoms with Gasteiger partial charge in [0, 0.05) is 16.5 Å². The van der Waals surface area contributed by atoms with Crippen LogP contribution in [-0.2, 0) is 6.42 Å². The van der Waals surface area contributed by atoms with Crippen LogP contribution >= 0.6 is 50.6 Å². The highest BCUT2D eigenvalue weighted by molar-refractivity contribution is 9.11. The molecule has 2 rings (SSSR count). The average molecular weight is 364 g/mol. The Morgan fingerprint density at radius 2 is 2.00 bits per heavy atom. The third-order valence-electron chi connectivity index (χ3n) is 2.37. The van der Waals surface area contributed by atoms with Crippen LogP contribution in [0.15, 0.2) is 43.2 Å². The molecule has 0 unspecified atom stereocenters. The molecule has 1 aromatic carbocycles. The zero-order valence-corrected chi connectivity index (χ0v) is 13.5. The van der Waals surface area contributed by atoms with E-state index in [1.165, 1.54) is 14.7 Å². The smallest absolute Gasteiger partial charge is 0.0713 e. The van der Waals surface area contributed by atoms with Crippen LogP contribution in [0, 0.1) is 0 Å². The maximum Gasteiger partial charge on any atom is 0.0713 e. The Balaban J connectivity index is 2.14. The van der Waals surface area contributed by atoms with E-state index in [2.05, 4.69) is 22.0 Å². The zero-order valence-electron chi connectivity index (χ0n) is 9.53. The first-order chi connectivity index (χ1) is 8.69. The van der Waals surface area contributed by atoms with Gasteiger partial charge in [-0.05, 0) is 64.7 Å². The Morgan fingerprint density at radius 1 is 1.28 bits per heavy atom. The first-order valence-corrected chi connectivity index (χ1v) is 8.32. The lowest BCUT2D eigenvalue weighted by Gasteiger charge is -2.03. The van der Waals surface area contributed by atoms with Crippen molar-refractivity contribution in [2.45, 2.75) is 21.9 Å². The van der Waals surface area contributed by atoms with E-state index in [9.17, 15) is 0 Å². The monoisotopic (exact) mass is 362 g/mol. The predicted octanol–water partition coefficient (Wildman–Crippen LogP) is 5.24. The van der Waals surface area contributed by atoms with Crippen LogP contribution in [0.5, 0.6) is 0 Å². The van der Waals surface area contributed by atoms with Crippen molar-refractivity contribution in [3.8, 4) is 0 Å². The third-order valence-corrected chi connectivity index (χ3v) is 5.55. The summed E-state index contributed by atoms with van der Waals surface area (Å²) in [6.07, 6.45) is 1.71. The molecule has 1 nitrogen and oxygen atoms in total. The van der Waals surface area contributed by atoms with Crippen molar-refractivity contribution in [1.82, 2.24) is 0 Å². The first kappa shape index (κ1) is 14.4. The molecule has 0 atom stereocenters. The molecular formula is C13H12BrClOS2. The van der Waals surface area contributed by atoms with E-state index in [0.717, 1.165) is 21.7 Å². The van der Waals surface area contributed by atoms with Crippen LogP contribution in [0.1, 0.15) is 12.0 Å². The molecule has 0 aliphatic carbocycles. The minimum Gasteiger partial charge on any atom is -0.396 e. The van der Waals surface area contributed by atoms with Gasteiger partial charge in [0.25, 0.3) is 0 Å². The molecule has 0 spiro atoms. The van der Waals surface area contributed by atoms with E-state index >= 15 is 0 Å². The van der Waals surface area contributed by atoms with Crippen molar-refractivity contribution < 1.29 is 5.11 Å². The maximum absolute atomic E-state index is 8.92. The van der Waals surface area contributed by atoms with E-state index in [4.69, 9.17) is 16.7 Å². The van der Waals surface area contributed by atoms with Gasteiger partial charge < -0.3 is 5.11 Å². The normalized spacial score (nSPS) is 10.8. The fraction of sp³-hybridized carbons (Fsp3) is 0.231. The fourth-order valence-corrected chi connectivity index (χ4v) is 4.90. The Morgan fingerprint density at radius 3 is 2.67 bits per heavy atom. The van der Waals surface area contributed by atoms with E-state index in [0.29, 0.717) is 0 Å². The fourth-order valence-electron chi connectivity index (χ4n) is 1.52. The number of aliphatic hydroxyl groups excluding tert-OH is 1. The summed E-state index contributed by atoms with van der Waals surface area (Å²) < 4.78 is 2.41. The molecule has 96 valence electrons. The number of hydrogen-bond donors (Lipinski definition) is 1. The van der Waals surface area contributed by atoms with Crippen LogP contribution in [0.2, 0.25) is 5.02 Å². The SMILES string of the molecule is OCCCc1cc(Br)sc1Sc1ccc(Cl)cc1. The molecule has 0 saturated carbocycles. The second-order valence-electron chi connectivity index (χ2n) is 3.75. The number of benzene rings is 1. The molecule has 1 heterocycles. The molecular weight excluding hydrogens is 352 g/mol. The van der Waals surface area contributed by atoms with Crippen molar-refractivity contribution in [3.63, 3.8) is 0 Å². The number of rotatable bonds is 5. The lowest BCUT2D eigenvalue weighted by molar-refractivity contribution is 0.288. The molecule has 0 fully saturated rings. The minimum absolute atomic E-state index is 0.235. The molecule has 0 aliphatic heterocycles. The number of thiophene rings is 1. The molecule has 1 aromatic heterocycles. The number of aliphatic hydroxyl groups is 1. The Kier molecular flexibility index (Phi) is 5.57. The standard InChI is InChI=1S/C13H12BrClOS2/c14-12-8-9(2-1-7-16)13(18-12)17-11-5-3-10(15)4-6-11/h3-6,8,16H,1-2,7H2. The summed E-state index contributed by atoms with van der Waals surface area (Å²) in [6.45, 7) is 0.235. The summed E-state index contributed by atoms with van der Waals surface area (Å²) in [5.41, 5.74) is 1.29. The van der Waals surface area contributed by atoms with Gasteiger partial charge in [-0.25, -0.2) is 0 Å². The lowest BCUT2D eigenvalue weighted by Crippen LogP contribution is -1.88. The van der Waals surface area contributed by atoms with Gasteiger partial charge in [0.1, 0.15) is 0 Å². The van der Waals surface area contributed by atoms with Gasteiger partial charge >= 0.3 is 0 Å². The van der Waals surface area contributed by atoms with Crippen molar-refractivity contribution in [3.05, 3.63) is 44.7 Å². The number of aryl methyl sites for hydroxylation is 1. The summed E-state index contributed by atoms with van der Waals surface area (Å²) in [5, 5.41) is 9.67. The van der Waals surface area contributed by atoms with Gasteiger partial charge in [-0.2, -0.15) is 0 Å². The average Bonchev–Trinajstić information content (AvgIpc) is 2.70. The quantitative estimate of drug-likeness (QED) is 0.784. The summed E-state index contributed by atoms with van der Waals surface area (Å²) in [4.78, 5) is 1.18. The van der Waals surface area contributed by atoms with E-state index in [-0.39, 0.29) is 6.61 Å². The lowest BCUT2D eigenvalue weighted by atomic mass is 10.2. The highest BCUT2D eigenvalue weighted by atomic mass is 79.9. The molecule has 1 N–H and O–H groups in total. The van der Waals surface area contributed by atoms with Gasteiger partial charge in [0.15, 0.2) is 0 Å². The summed E-state index contributed by atoms with van der Waals surface area (Å²) >= 11 is 12.9. The van der Waals surface area contributed by atoms with Crippen molar-refractivity contribution in [1.29, 1.82) is 0 Å². The Labute approximate surface area is 128 Å². The van der Waals surface area contributed by atoms with Crippen molar-refractivity contribution in [2.24, 2.45) is 0 Å². The second-order valence-corrected chi connectivity index (χ2v) is 7.96. The Bertz CT molecular complexity index is 510. The zero-order chi connectivity index (χ0) is 13.0. The van der Waals surface area contributed by atoms with Gasteiger partial charge in [0.05, 0.1) is 8.00 Å². The van der Waals surface area contributed by atoms with E-state index < -0.39 is 0 Å². The third kappa shape index (κ3) is 4.00. The highest BCUT2D eigenvalue weighted by Gasteiger charge is 2.09. The number of halogens is 2. The van der Waals surface area contributed by atoms with E-state index in [1.54, 1.807) is 23.1 Å². The molecule has 5 heteroatoms. The van der Waals surface area contributed by atoms with Crippen LogP contribution in [0.4, 0.5) is 0 Å². The minimum atomic E-state index is 0.235. The topological polar surface area (TPSA) is 20.2 Å². The van der Waals surface area contributed by atoms with Crippen molar-refractivity contribution >= 4 is 50.6 Å². The van der Waals surface area contributed by atoms with Crippen LogP contribution < -0.4 is 0 Å². The molecule has 0 bridgehead atoms. The van der Waals surface area contributed by atoms with Gasteiger partial charge in [-0.3, -0.25) is 0 Å². The first-order valence-electron chi connectivity index (χ1n) is 5.51. The molecule has 0 aliphatic rings. The molecule has 18 heavy (non-hydrogen) atoms. The second kappa shape index (κ2) is 6.96. The van der Waals surface area contributed by atoms with Gasteiger partial charge in [-0.1, -0.05) is 23.4 Å². The largest absolute Gasteiger partial charge is 0.396 e. The summed E-state index contributed by atoms with van der Waals surface area (Å²) in [7, 11) is 0. The summed E-state index contributed by atoms with van der Waals surface area (Å²) in [6, 6.07) is 9.99. The molecule has 0 radical (unpaired) electrons. The number of hydrogen-bond acceptors (Lipinski definition) is 3. The van der Waals surface area contributed by atoms with Crippen LogP contribution in [0.3, 0.4) is 0 Å². The van der Waals surface area contributed by atoms with E-state index in [1.807, 2.05) is 24.3 Å². The van der Waals surface area contributed by atoms with Crippen LogP contribution in [-0.4, -0.2) is 11.7 Å². The summed E-state index contributed by atoms with van der Waals surface area (Å²) in [5.74, 6) is 0. The molecule has 0 amide bonds. The maximum atomic E-state index is 8.92. The molecule has 2 aromatic rings. The highest BCUT2D eigenvalue weighted by Crippen LogP contribution is 2.39. The van der Waals surface area contributed by atoms with Crippen molar-refractivity contribution in [2.75, 3.05) is 6.61 Å². The Hall–Kier alpha value is -0.000000000000000167. The predicted molar refractivity (Wildman–Crippen MR) is 83.0 cm³/mol. The molecule has 0 saturated heterocycles. The van der Waals surface area contributed by atoms with Gasteiger partial charge in [-0.15, -0.1) is 11.3 Å². The van der Waals surface area contributed by atoms with Gasteiger partial charge in [0.2, 0.25) is 0 Å². The van der Waals surface area contributed by atoms with Crippen LogP contribution in [0.25, 0.3) is 0 Å².